The Labute approximate surface area is 149 Å². The number of hydrogen-bond donors (Lipinski definition) is 2. The summed E-state index contributed by atoms with van der Waals surface area (Å²) in [6.45, 7) is 0. The number of aryl methyl sites for hydroxylation is 2. The molecule has 7 heteroatoms. The summed E-state index contributed by atoms with van der Waals surface area (Å²) in [6, 6.07) is 13.1. The number of carbonyl (C=O) groups is 1. The fraction of sp³-hybridized carbons (Fsp3) is 0.105. The molecule has 0 bridgehead atoms. The molecule has 0 saturated heterocycles. The molecule has 0 spiro atoms. The summed E-state index contributed by atoms with van der Waals surface area (Å²) in [4.78, 5) is 24.3. The van der Waals surface area contributed by atoms with E-state index < -0.39 is 5.91 Å². The predicted octanol–water partition coefficient (Wildman–Crippen LogP) is 2.13. The van der Waals surface area contributed by atoms with E-state index in [9.17, 15) is 20.0 Å². The van der Waals surface area contributed by atoms with Gasteiger partial charge in [-0.05, 0) is 48.0 Å². The molecule has 0 radical (unpaired) electrons. The van der Waals surface area contributed by atoms with Crippen LogP contribution in [0.1, 0.15) is 5.56 Å². The van der Waals surface area contributed by atoms with Crippen LogP contribution in [0.15, 0.2) is 52.8 Å². The van der Waals surface area contributed by atoms with E-state index in [0.29, 0.717) is 16.8 Å². The Morgan fingerprint density at radius 1 is 1.12 bits per heavy atom. The van der Waals surface area contributed by atoms with E-state index >= 15 is 0 Å². The zero-order valence-corrected chi connectivity index (χ0v) is 14.2. The molecule has 26 heavy (non-hydrogen) atoms. The Morgan fingerprint density at radius 2 is 1.77 bits per heavy atom. The fourth-order valence-electron chi connectivity index (χ4n) is 2.67. The molecule has 0 aliphatic carbocycles. The number of nitriles is 1. The average Bonchev–Trinajstić information content (AvgIpc) is 2.85. The van der Waals surface area contributed by atoms with Gasteiger partial charge in [0.1, 0.15) is 17.4 Å². The number of imidazole rings is 1. The Kier molecular flexibility index (Phi) is 4.33. The lowest BCUT2D eigenvalue weighted by molar-refractivity contribution is -0.112. The number of aromatic hydroxyl groups is 1. The molecule has 1 aromatic heterocycles. The highest BCUT2D eigenvalue weighted by molar-refractivity contribution is 6.09. The number of phenolic OH excluding ortho intramolecular Hbond substituents is 1. The molecule has 0 fully saturated rings. The summed E-state index contributed by atoms with van der Waals surface area (Å²) < 4.78 is 3.04. The summed E-state index contributed by atoms with van der Waals surface area (Å²) in [5, 5.41) is 21.2. The molecule has 0 unspecified atom stereocenters. The van der Waals surface area contributed by atoms with Crippen LogP contribution in [0.5, 0.6) is 5.75 Å². The van der Waals surface area contributed by atoms with Gasteiger partial charge in [-0.15, -0.1) is 0 Å². The number of benzene rings is 2. The monoisotopic (exact) mass is 348 g/mol. The van der Waals surface area contributed by atoms with Gasteiger partial charge in [0.05, 0.1) is 11.0 Å². The van der Waals surface area contributed by atoms with Crippen molar-refractivity contribution >= 4 is 28.7 Å². The van der Waals surface area contributed by atoms with Crippen molar-refractivity contribution in [2.45, 2.75) is 0 Å². The van der Waals surface area contributed by atoms with E-state index in [-0.39, 0.29) is 17.0 Å². The van der Waals surface area contributed by atoms with Gasteiger partial charge in [0.25, 0.3) is 5.91 Å². The molecule has 1 amide bonds. The van der Waals surface area contributed by atoms with Crippen molar-refractivity contribution in [3.63, 3.8) is 0 Å². The third-order valence-electron chi connectivity index (χ3n) is 4.10. The Balaban J connectivity index is 1.93. The predicted molar refractivity (Wildman–Crippen MR) is 98.5 cm³/mol. The summed E-state index contributed by atoms with van der Waals surface area (Å²) in [7, 11) is 3.35. The zero-order valence-electron chi connectivity index (χ0n) is 14.2. The molecule has 0 aliphatic heterocycles. The highest BCUT2D eigenvalue weighted by atomic mass is 16.3. The van der Waals surface area contributed by atoms with E-state index in [1.165, 1.54) is 39.5 Å². The maximum Gasteiger partial charge on any atom is 0.328 e. The SMILES string of the molecule is Cn1c(=O)n(C)c2cc(/C=C(/C#N)C(=O)Nc3ccc(O)cc3)ccc21. The lowest BCUT2D eigenvalue weighted by Gasteiger charge is -2.04. The first-order valence-electron chi connectivity index (χ1n) is 7.78. The normalized spacial score (nSPS) is 11.3. The molecular weight excluding hydrogens is 332 g/mol. The van der Waals surface area contributed by atoms with Crippen LogP contribution in [0.4, 0.5) is 5.69 Å². The highest BCUT2D eigenvalue weighted by Gasteiger charge is 2.11. The number of phenols is 1. The second-order valence-electron chi connectivity index (χ2n) is 5.82. The molecule has 0 saturated carbocycles. The number of carbonyl (C=O) groups excluding carboxylic acids is 1. The van der Waals surface area contributed by atoms with Gasteiger partial charge >= 0.3 is 5.69 Å². The quantitative estimate of drug-likeness (QED) is 0.430. The van der Waals surface area contributed by atoms with Crippen molar-refractivity contribution in [1.29, 1.82) is 5.26 Å². The minimum Gasteiger partial charge on any atom is -0.508 e. The van der Waals surface area contributed by atoms with Crippen molar-refractivity contribution in [1.82, 2.24) is 9.13 Å². The van der Waals surface area contributed by atoms with Crippen molar-refractivity contribution in [2.24, 2.45) is 14.1 Å². The number of nitrogens with one attached hydrogen (secondary N) is 1. The van der Waals surface area contributed by atoms with E-state index in [2.05, 4.69) is 5.32 Å². The van der Waals surface area contributed by atoms with Gasteiger partial charge in [-0.1, -0.05) is 6.07 Å². The lowest BCUT2D eigenvalue weighted by atomic mass is 10.1. The second-order valence-corrected chi connectivity index (χ2v) is 5.82. The molecular formula is C19H16N4O3. The Bertz CT molecular complexity index is 1130. The van der Waals surface area contributed by atoms with Crippen molar-refractivity contribution in [2.75, 3.05) is 5.32 Å². The first-order valence-corrected chi connectivity index (χ1v) is 7.78. The number of fused-ring (bicyclic) bond motifs is 1. The first-order chi connectivity index (χ1) is 12.4. The van der Waals surface area contributed by atoms with E-state index in [1.807, 2.05) is 6.07 Å². The molecule has 130 valence electrons. The van der Waals surface area contributed by atoms with Crippen LogP contribution in [0.3, 0.4) is 0 Å². The average molecular weight is 348 g/mol. The molecule has 0 atom stereocenters. The fourth-order valence-corrected chi connectivity index (χ4v) is 2.67. The Morgan fingerprint density at radius 3 is 2.42 bits per heavy atom. The number of anilines is 1. The molecule has 2 N–H and O–H groups in total. The first kappa shape index (κ1) is 17.0. The van der Waals surface area contributed by atoms with E-state index in [0.717, 1.165) is 5.52 Å². The highest BCUT2D eigenvalue weighted by Crippen LogP contribution is 2.18. The number of nitrogens with zero attached hydrogens (tertiary/aromatic N) is 3. The molecule has 1 heterocycles. The van der Waals surface area contributed by atoms with Gasteiger partial charge in [-0.2, -0.15) is 5.26 Å². The van der Waals surface area contributed by atoms with Gasteiger partial charge in [0, 0.05) is 19.8 Å². The van der Waals surface area contributed by atoms with Gasteiger partial charge in [0.15, 0.2) is 0 Å². The van der Waals surface area contributed by atoms with Crippen molar-refractivity contribution in [3.05, 3.63) is 64.1 Å². The van der Waals surface area contributed by atoms with Gasteiger partial charge in [-0.3, -0.25) is 13.9 Å². The molecule has 2 aromatic carbocycles. The van der Waals surface area contributed by atoms with Crippen LogP contribution in [-0.2, 0) is 18.9 Å². The Hall–Kier alpha value is -3.79. The molecule has 3 rings (SSSR count). The van der Waals surface area contributed by atoms with Gasteiger partial charge < -0.3 is 10.4 Å². The largest absolute Gasteiger partial charge is 0.508 e. The van der Waals surface area contributed by atoms with Crippen LogP contribution in [-0.4, -0.2) is 20.1 Å². The third kappa shape index (κ3) is 3.08. The maximum atomic E-state index is 12.3. The molecule has 3 aromatic rings. The number of rotatable bonds is 3. The number of aromatic nitrogens is 2. The van der Waals surface area contributed by atoms with Crippen LogP contribution < -0.4 is 11.0 Å². The smallest absolute Gasteiger partial charge is 0.328 e. The third-order valence-corrected chi connectivity index (χ3v) is 4.10. The van der Waals surface area contributed by atoms with Crippen LogP contribution in [0, 0.1) is 11.3 Å². The van der Waals surface area contributed by atoms with Gasteiger partial charge in [-0.25, -0.2) is 4.79 Å². The van der Waals surface area contributed by atoms with E-state index in [4.69, 9.17) is 0 Å². The minimum absolute atomic E-state index is 0.0710. The standard InChI is InChI=1S/C19H16N4O3/c1-22-16-8-3-12(10-17(16)23(2)19(22)26)9-13(11-20)18(25)21-14-4-6-15(24)7-5-14/h3-10,24H,1-2H3,(H,21,25)/b13-9-. The van der Waals surface area contributed by atoms with Crippen LogP contribution >= 0.6 is 0 Å². The molecule has 0 aliphatic rings. The lowest BCUT2D eigenvalue weighted by Crippen LogP contribution is -2.19. The van der Waals surface area contributed by atoms with Crippen molar-refractivity contribution < 1.29 is 9.90 Å². The topological polar surface area (TPSA) is 100 Å². The van der Waals surface area contributed by atoms with Crippen molar-refractivity contribution in [3.8, 4) is 11.8 Å². The number of hydrogen-bond acceptors (Lipinski definition) is 4. The summed E-state index contributed by atoms with van der Waals surface area (Å²) in [5.41, 5.74) is 2.36. The summed E-state index contributed by atoms with van der Waals surface area (Å²) in [5.74, 6) is -0.471. The zero-order chi connectivity index (χ0) is 18.8. The van der Waals surface area contributed by atoms with Crippen LogP contribution in [0.2, 0.25) is 0 Å². The molecule has 7 nitrogen and oxygen atoms in total. The van der Waals surface area contributed by atoms with Gasteiger partial charge in [0.2, 0.25) is 0 Å². The minimum atomic E-state index is -0.555. The number of amides is 1. The maximum absolute atomic E-state index is 12.3. The van der Waals surface area contributed by atoms with Crippen LogP contribution in [0.25, 0.3) is 17.1 Å². The summed E-state index contributed by atoms with van der Waals surface area (Å²) in [6.07, 6.45) is 1.46. The summed E-state index contributed by atoms with van der Waals surface area (Å²) >= 11 is 0. The van der Waals surface area contributed by atoms with E-state index in [1.54, 1.807) is 32.3 Å². The second kappa shape index (κ2) is 6.61.